The van der Waals surface area contributed by atoms with Crippen LogP contribution >= 0.6 is 11.6 Å². The Kier molecular flexibility index (Phi) is 4.93. The zero-order chi connectivity index (χ0) is 18.3. The number of amides is 2. The largest absolute Gasteiger partial charge is 0.339 e. The Morgan fingerprint density at radius 1 is 1.04 bits per heavy atom. The lowest BCUT2D eigenvalue weighted by Crippen LogP contribution is -2.55. The summed E-state index contributed by atoms with van der Waals surface area (Å²) in [6.07, 6.45) is 3.75. The minimum atomic E-state index is -0.000808. The molecular formula is C20H26ClN3O2. The fourth-order valence-corrected chi connectivity index (χ4v) is 5.21. The van der Waals surface area contributed by atoms with E-state index >= 15 is 0 Å². The highest BCUT2D eigenvalue weighted by molar-refractivity contribution is 6.31. The standard InChI is InChI=1S/C20H26ClN3O2/c21-16-4-2-1-3-13(16)12-17(25)23-7-9-24(10-8-23)20(26)18-14-5-6-15(11-14)19(18)22/h1-4,14-15,18-19H,5-12,22H2. The molecule has 1 heterocycles. The van der Waals surface area contributed by atoms with Gasteiger partial charge >= 0.3 is 0 Å². The van der Waals surface area contributed by atoms with E-state index in [4.69, 9.17) is 17.3 Å². The number of hydrogen-bond donors (Lipinski definition) is 1. The van der Waals surface area contributed by atoms with Gasteiger partial charge in [0.05, 0.1) is 12.3 Å². The van der Waals surface area contributed by atoms with Gasteiger partial charge in [0.1, 0.15) is 0 Å². The maximum Gasteiger partial charge on any atom is 0.227 e. The number of fused-ring (bicyclic) bond motifs is 2. The van der Waals surface area contributed by atoms with Crippen molar-refractivity contribution in [2.24, 2.45) is 23.5 Å². The van der Waals surface area contributed by atoms with Crippen molar-refractivity contribution in [3.05, 3.63) is 34.9 Å². The van der Waals surface area contributed by atoms with Crippen molar-refractivity contribution in [3.63, 3.8) is 0 Å². The quantitative estimate of drug-likeness (QED) is 0.877. The van der Waals surface area contributed by atoms with Crippen LogP contribution in [0.2, 0.25) is 5.02 Å². The smallest absolute Gasteiger partial charge is 0.227 e. The Morgan fingerprint density at radius 2 is 1.69 bits per heavy atom. The van der Waals surface area contributed by atoms with Gasteiger partial charge in [-0.1, -0.05) is 29.8 Å². The number of hydrogen-bond acceptors (Lipinski definition) is 3. The summed E-state index contributed by atoms with van der Waals surface area (Å²) in [6.45, 7) is 2.39. The molecule has 2 saturated carbocycles. The van der Waals surface area contributed by atoms with Crippen LogP contribution in [0.4, 0.5) is 0 Å². The van der Waals surface area contributed by atoms with Gasteiger partial charge in [-0.25, -0.2) is 0 Å². The summed E-state index contributed by atoms with van der Waals surface area (Å²) in [5, 5.41) is 0.625. The summed E-state index contributed by atoms with van der Waals surface area (Å²) in [6, 6.07) is 7.47. The van der Waals surface area contributed by atoms with Crippen molar-refractivity contribution < 1.29 is 9.59 Å². The molecule has 0 radical (unpaired) electrons. The van der Waals surface area contributed by atoms with Gasteiger partial charge < -0.3 is 15.5 Å². The lowest BCUT2D eigenvalue weighted by Gasteiger charge is -2.38. The first-order valence-corrected chi connectivity index (χ1v) is 9.98. The number of nitrogens with two attached hydrogens (primary N) is 1. The number of rotatable bonds is 3. The van der Waals surface area contributed by atoms with Crippen molar-refractivity contribution in [2.75, 3.05) is 26.2 Å². The summed E-state index contributed by atoms with van der Waals surface area (Å²) in [5.74, 6) is 1.29. The molecule has 2 N–H and O–H groups in total. The molecule has 4 atom stereocenters. The van der Waals surface area contributed by atoms with E-state index in [1.807, 2.05) is 28.0 Å². The second-order valence-corrected chi connectivity index (χ2v) is 8.32. The van der Waals surface area contributed by atoms with Crippen LogP contribution in [0.15, 0.2) is 24.3 Å². The topological polar surface area (TPSA) is 66.6 Å². The average molecular weight is 376 g/mol. The fourth-order valence-electron chi connectivity index (χ4n) is 5.01. The van der Waals surface area contributed by atoms with E-state index in [0.29, 0.717) is 49.5 Å². The molecule has 2 amide bonds. The van der Waals surface area contributed by atoms with Gasteiger partial charge in [0, 0.05) is 37.2 Å². The second kappa shape index (κ2) is 7.20. The van der Waals surface area contributed by atoms with E-state index in [1.165, 1.54) is 6.42 Å². The van der Waals surface area contributed by atoms with Crippen LogP contribution in [-0.4, -0.2) is 53.8 Å². The third-order valence-corrected chi connectivity index (χ3v) is 6.88. The van der Waals surface area contributed by atoms with E-state index in [9.17, 15) is 9.59 Å². The molecule has 1 saturated heterocycles. The molecule has 6 heteroatoms. The first-order chi connectivity index (χ1) is 12.5. The highest BCUT2D eigenvalue weighted by Crippen LogP contribution is 2.48. The summed E-state index contributed by atoms with van der Waals surface area (Å²) in [4.78, 5) is 29.3. The Labute approximate surface area is 159 Å². The Morgan fingerprint density at radius 3 is 2.35 bits per heavy atom. The predicted octanol–water partition coefficient (Wildman–Crippen LogP) is 1.93. The van der Waals surface area contributed by atoms with Gasteiger partial charge in [-0.2, -0.15) is 0 Å². The van der Waals surface area contributed by atoms with Crippen LogP contribution in [0, 0.1) is 17.8 Å². The molecule has 1 aromatic carbocycles. The molecule has 4 unspecified atom stereocenters. The molecule has 140 valence electrons. The van der Waals surface area contributed by atoms with E-state index in [0.717, 1.165) is 18.4 Å². The zero-order valence-corrected chi connectivity index (χ0v) is 15.7. The molecule has 3 aliphatic rings. The van der Waals surface area contributed by atoms with Crippen LogP contribution in [-0.2, 0) is 16.0 Å². The van der Waals surface area contributed by atoms with Crippen molar-refractivity contribution >= 4 is 23.4 Å². The third kappa shape index (κ3) is 3.23. The minimum Gasteiger partial charge on any atom is -0.339 e. The Balaban J connectivity index is 1.32. The van der Waals surface area contributed by atoms with Crippen LogP contribution in [0.5, 0.6) is 0 Å². The summed E-state index contributed by atoms with van der Waals surface area (Å²) in [5.41, 5.74) is 7.18. The average Bonchev–Trinajstić information content (AvgIpc) is 3.24. The van der Waals surface area contributed by atoms with Crippen LogP contribution in [0.25, 0.3) is 0 Å². The summed E-state index contributed by atoms with van der Waals surface area (Å²) >= 11 is 6.15. The lowest BCUT2D eigenvalue weighted by atomic mass is 9.84. The first kappa shape index (κ1) is 17.8. The number of benzene rings is 1. The highest BCUT2D eigenvalue weighted by atomic mass is 35.5. The van der Waals surface area contributed by atoms with E-state index in [2.05, 4.69) is 0 Å². The summed E-state index contributed by atoms with van der Waals surface area (Å²) in [7, 11) is 0. The molecule has 2 aliphatic carbocycles. The molecule has 1 aliphatic heterocycles. The zero-order valence-electron chi connectivity index (χ0n) is 14.9. The predicted molar refractivity (Wildman–Crippen MR) is 101 cm³/mol. The van der Waals surface area contributed by atoms with Crippen LogP contribution in [0.3, 0.4) is 0 Å². The fraction of sp³-hybridized carbons (Fsp3) is 0.600. The van der Waals surface area contributed by atoms with E-state index in [1.54, 1.807) is 6.07 Å². The molecular weight excluding hydrogens is 350 g/mol. The Bertz CT molecular complexity index is 700. The van der Waals surface area contributed by atoms with E-state index in [-0.39, 0.29) is 23.8 Å². The number of carbonyl (C=O) groups is 2. The van der Waals surface area contributed by atoms with Gasteiger partial charge in [-0.05, 0) is 42.7 Å². The maximum atomic E-state index is 12.9. The monoisotopic (exact) mass is 375 g/mol. The highest BCUT2D eigenvalue weighted by Gasteiger charge is 2.50. The van der Waals surface area contributed by atoms with Gasteiger partial charge in [-0.3, -0.25) is 9.59 Å². The third-order valence-electron chi connectivity index (χ3n) is 6.51. The van der Waals surface area contributed by atoms with Crippen LogP contribution in [0.1, 0.15) is 24.8 Å². The van der Waals surface area contributed by atoms with Crippen molar-refractivity contribution in [1.82, 2.24) is 9.80 Å². The summed E-state index contributed by atoms with van der Waals surface area (Å²) < 4.78 is 0. The molecule has 3 fully saturated rings. The van der Waals surface area contributed by atoms with Gasteiger partial charge in [0.25, 0.3) is 0 Å². The van der Waals surface area contributed by atoms with Crippen LogP contribution < -0.4 is 5.73 Å². The second-order valence-electron chi connectivity index (χ2n) is 7.91. The lowest BCUT2D eigenvalue weighted by molar-refractivity contribution is -0.143. The van der Waals surface area contributed by atoms with Gasteiger partial charge in [-0.15, -0.1) is 0 Å². The molecule has 26 heavy (non-hydrogen) atoms. The molecule has 2 bridgehead atoms. The van der Waals surface area contributed by atoms with Crippen molar-refractivity contribution in [3.8, 4) is 0 Å². The first-order valence-electron chi connectivity index (χ1n) is 9.60. The Hall–Kier alpha value is -1.59. The number of carbonyl (C=O) groups excluding carboxylic acids is 2. The normalized spacial score (nSPS) is 30.7. The number of piperazine rings is 1. The number of nitrogens with zero attached hydrogens (tertiary/aromatic N) is 2. The van der Waals surface area contributed by atoms with Gasteiger partial charge in [0.2, 0.25) is 11.8 Å². The minimum absolute atomic E-state index is 0.000808. The molecule has 5 nitrogen and oxygen atoms in total. The van der Waals surface area contributed by atoms with Crippen molar-refractivity contribution in [2.45, 2.75) is 31.7 Å². The molecule has 1 aromatic rings. The molecule has 4 rings (SSSR count). The van der Waals surface area contributed by atoms with E-state index < -0.39 is 0 Å². The van der Waals surface area contributed by atoms with Gasteiger partial charge in [0.15, 0.2) is 0 Å². The number of halogens is 1. The van der Waals surface area contributed by atoms with Crippen molar-refractivity contribution in [1.29, 1.82) is 0 Å². The molecule has 0 spiro atoms. The SMILES string of the molecule is NC1C2CCC(C2)C1C(=O)N1CCN(C(=O)Cc2ccccc2Cl)CC1. The maximum absolute atomic E-state index is 12.9. The molecule has 0 aromatic heterocycles.